The number of fused-ring (bicyclic) bond motifs is 1. The molecule has 3 rings (SSSR count). The molecule has 8 heteroatoms. The number of hydrogen-bond donors (Lipinski definition) is 1. The average Bonchev–Trinajstić information content (AvgIpc) is 2.96. The molecule has 0 bridgehead atoms. The second-order valence-corrected chi connectivity index (χ2v) is 7.01. The number of imidazole rings is 1. The number of hydrogen-bond acceptors (Lipinski definition) is 4. The van der Waals surface area contributed by atoms with Crippen LogP contribution in [-0.4, -0.2) is 24.5 Å². The molecule has 0 atom stereocenters. The predicted molar refractivity (Wildman–Crippen MR) is 80.8 cm³/mol. The van der Waals surface area contributed by atoms with Crippen LogP contribution in [0.5, 0.6) is 0 Å². The number of primary sulfonamides is 1. The Balaban J connectivity index is 1.89. The van der Waals surface area contributed by atoms with Crippen LogP contribution >= 0.6 is 11.6 Å². The molecule has 2 N–H and O–H groups in total. The van der Waals surface area contributed by atoms with Gasteiger partial charge in [-0.3, -0.25) is 0 Å². The Morgan fingerprint density at radius 1 is 1.43 bits per heavy atom. The Kier molecular flexibility index (Phi) is 3.43. The minimum atomic E-state index is -3.66. The number of nitrogens with two attached hydrogens (primary N) is 1. The molecule has 0 spiro atoms. The van der Waals surface area contributed by atoms with Crippen LogP contribution in [-0.2, 0) is 30.0 Å². The Morgan fingerprint density at radius 2 is 2.19 bits per heavy atom. The van der Waals surface area contributed by atoms with Crippen molar-refractivity contribution in [2.45, 2.75) is 17.9 Å². The summed E-state index contributed by atoms with van der Waals surface area (Å²) >= 11 is 5.99. The van der Waals surface area contributed by atoms with Crippen molar-refractivity contribution in [3.63, 3.8) is 0 Å². The zero-order valence-corrected chi connectivity index (χ0v) is 13.0. The van der Waals surface area contributed by atoms with Gasteiger partial charge in [-0.25, -0.2) is 18.5 Å². The van der Waals surface area contributed by atoms with Gasteiger partial charge in [0.2, 0.25) is 10.0 Å². The summed E-state index contributed by atoms with van der Waals surface area (Å²) in [7, 11) is -1.79. The van der Waals surface area contributed by atoms with Crippen molar-refractivity contribution in [1.82, 2.24) is 9.55 Å². The molecule has 0 fully saturated rings. The lowest BCUT2D eigenvalue weighted by Gasteiger charge is -2.19. The number of anilines is 1. The minimum Gasteiger partial charge on any atom is -0.363 e. The fourth-order valence-corrected chi connectivity index (χ4v) is 3.24. The third-order valence-electron chi connectivity index (χ3n) is 3.73. The van der Waals surface area contributed by atoms with E-state index in [0.29, 0.717) is 11.7 Å². The van der Waals surface area contributed by atoms with Gasteiger partial charge in [-0.15, -0.1) is 0 Å². The average molecular weight is 327 g/mol. The Morgan fingerprint density at radius 3 is 2.81 bits per heavy atom. The molecule has 0 saturated heterocycles. The van der Waals surface area contributed by atoms with Crippen LogP contribution < -0.4 is 10.0 Å². The summed E-state index contributed by atoms with van der Waals surface area (Å²) in [6, 6.07) is 4.99. The summed E-state index contributed by atoms with van der Waals surface area (Å²) in [6.45, 7) is 1.44. The van der Waals surface area contributed by atoms with Gasteiger partial charge in [-0.2, -0.15) is 0 Å². The third-order valence-corrected chi connectivity index (χ3v) is 4.99. The minimum absolute atomic E-state index is 0.156. The maximum atomic E-state index is 11.4. The lowest BCUT2D eigenvalue weighted by atomic mass is 10.2. The molecule has 1 aliphatic heterocycles. The van der Waals surface area contributed by atoms with Crippen molar-refractivity contribution < 1.29 is 8.42 Å². The van der Waals surface area contributed by atoms with E-state index in [0.717, 1.165) is 30.0 Å². The summed E-state index contributed by atoms with van der Waals surface area (Å²) < 4.78 is 24.6. The summed E-state index contributed by atoms with van der Waals surface area (Å²) in [5.41, 5.74) is 2.00. The summed E-state index contributed by atoms with van der Waals surface area (Å²) in [5, 5.41) is 5.75. The van der Waals surface area contributed by atoms with E-state index in [1.165, 1.54) is 6.07 Å². The van der Waals surface area contributed by atoms with Crippen molar-refractivity contribution in [3.05, 3.63) is 40.9 Å². The summed E-state index contributed by atoms with van der Waals surface area (Å²) in [6.07, 6.45) is 2.41. The van der Waals surface area contributed by atoms with Gasteiger partial charge in [0, 0.05) is 19.3 Å². The second kappa shape index (κ2) is 5.01. The highest BCUT2D eigenvalue weighted by atomic mass is 35.5. The van der Waals surface area contributed by atoms with Crippen LogP contribution in [0.15, 0.2) is 29.3 Å². The van der Waals surface area contributed by atoms with Crippen molar-refractivity contribution in [2.75, 3.05) is 11.4 Å². The molecule has 0 unspecified atom stereocenters. The van der Waals surface area contributed by atoms with Crippen molar-refractivity contribution in [3.8, 4) is 0 Å². The van der Waals surface area contributed by atoms with E-state index in [4.69, 9.17) is 16.7 Å². The highest BCUT2D eigenvalue weighted by Crippen LogP contribution is 2.31. The first-order valence-electron chi connectivity index (χ1n) is 6.43. The summed E-state index contributed by atoms with van der Waals surface area (Å²) in [5.74, 6) is 0.864. The number of benzene rings is 1. The molecule has 112 valence electrons. The van der Waals surface area contributed by atoms with Gasteiger partial charge in [0.1, 0.15) is 11.0 Å². The molecule has 0 radical (unpaired) electrons. The molecule has 6 nitrogen and oxygen atoms in total. The fraction of sp³-hybridized carbons (Fsp3) is 0.308. The normalized spacial score (nSPS) is 14.5. The zero-order valence-electron chi connectivity index (χ0n) is 11.5. The smallest absolute Gasteiger partial charge is 0.238 e. The monoisotopic (exact) mass is 326 g/mol. The lowest BCUT2D eigenvalue weighted by molar-refractivity contribution is 0.597. The highest BCUT2D eigenvalue weighted by molar-refractivity contribution is 7.89. The molecule has 2 aromatic rings. The van der Waals surface area contributed by atoms with E-state index in [9.17, 15) is 8.42 Å². The Bertz CT molecular complexity index is 800. The highest BCUT2D eigenvalue weighted by Gasteiger charge is 2.22. The van der Waals surface area contributed by atoms with Gasteiger partial charge < -0.3 is 9.47 Å². The van der Waals surface area contributed by atoms with Crippen molar-refractivity contribution >= 4 is 27.3 Å². The molecule has 2 heterocycles. The molecule has 21 heavy (non-hydrogen) atoms. The number of nitrogens with zero attached hydrogens (tertiary/aromatic N) is 3. The quantitative estimate of drug-likeness (QED) is 0.921. The molecule has 1 aromatic carbocycles. The predicted octanol–water partition coefficient (Wildman–Crippen LogP) is 1.28. The fourth-order valence-electron chi connectivity index (χ4n) is 2.53. The van der Waals surface area contributed by atoms with E-state index >= 15 is 0 Å². The molecule has 1 aliphatic rings. The van der Waals surface area contributed by atoms with Gasteiger partial charge in [-0.05, 0) is 30.2 Å². The first kappa shape index (κ1) is 14.4. The molecule has 0 aliphatic carbocycles. The van der Waals surface area contributed by atoms with Gasteiger partial charge in [0.25, 0.3) is 0 Å². The van der Waals surface area contributed by atoms with Crippen LogP contribution in [0.25, 0.3) is 0 Å². The van der Waals surface area contributed by atoms with Gasteiger partial charge in [-0.1, -0.05) is 11.6 Å². The van der Waals surface area contributed by atoms with Crippen LogP contribution in [0.2, 0.25) is 5.15 Å². The van der Waals surface area contributed by atoms with E-state index in [1.54, 1.807) is 18.3 Å². The topological polar surface area (TPSA) is 81.2 Å². The number of sulfonamides is 1. The van der Waals surface area contributed by atoms with Gasteiger partial charge in [0.05, 0.1) is 17.6 Å². The van der Waals surface area contributed by atoms with Crippen LogP contribution in [0.1, 0.15) is 11.4 Å². The van der Waals surface area contributed by atoms with E-state index < -0.39 is 10.0 Å². The second-order valence-electron chi connectivity index (χ2n) is 5.06. The maximum absolute atomic E-state index is 11.4. The third kappa shape index (κ3) is 2.64. The molecular formula is C13H15ClN4O2S. The molecule has 0 saturated carbocycles. The first-order valence-corrected chi connectivity index (χ1v) is 8.35. The number of rotatable bonds is 3. The SMILES string of the molecule is Cn1c(Cl)cnc1CN1CCc2cc(S(N)(=O)=O)ccc21. The Labute approximate surface area is 128 Å². The number of aromatic nitrogens is 2. The largest absolute Gasteiger partial charge is 0.363 e. The van der Waals surface area contributed by atoms with Crippen molar-refractivity contribution in [2.24, 2.45) is 12.2 Å². The van der Waals surface area contributed by atoms with Crippen molar-refractivity contribution in [1.29, 1.82) is 0 Å². The standard InChI is InChI=1S/C13H15ClN4O2S/c1-17-12(14)7-16-13(17)8-18-5-4-9-6-10(21(15,19)20)2-3-11(9)18/h2-3,6-7H,4-5,8H2,1H3,(H2,15,19,20). The van der Waals surface area contributed by atoms with Crippen LogP contribution in [0, 0.1) is 0 Å². The van der Waals surface area contributed by atoms with Crippen LogP contribution in [0.3, 0.4) is 0 Å². The van der Waals surface area contributed by atoms with Gasteiger partial charge >= 0.3 is 0 Å². The lowest BCUT2D eigenvalue weighted by Crippen LogP contribution is -2.22. The molecular weight excluding hydrogens is 312 g/mol. The first-order chi connectivity index (χ1) is 9.86. The van der Waals surface area contributed by atoms with Crippen LogP contribution in [0.4, 0.5) is 5.69 Å². The van der Waals surface area contributed by atoms with E-state index in [-0.39, 0.29) is 4.90 Å². The zero-order chi connectivity index (χ0) is 15.2. The molecule has 0 amide bonds. The summed E-state index contributed by atoms with van der Waals surface area (Å²) in [4.78, 5) is 6.59. The van der Waals surface area contributed by atoms with Gasteiger partial charge in [0.15, 0.2) is 0 Å². The van der Waals surface area contributed by atoms with E-state index in [2.05, 4.69) is 9.88 Å². The Hall–Kier alpha value is -1.57. The van der Waals surface area contributed by atoms with E-state index in [1.807, 2.05) is 11.6 Å². The molecule has 1 aromatic heterocycles. The number of halogens is 1. The maximum Gasteiger partial charge on any atom is 0.238 e.